The third-order valence-electron chi connectivity index (χ3n) is 1.000. The Hall–Kier alpha value is 0.428. The molecule has 0 atom stereocenters. The summed E-state index contributed by atoms with van der Waals surface area (Å²) >= 11 is 0. The molecule has 0 bridgehead atoms. The normalized spacial score (nSPS) is 14.3. The van der Waals surface area contributed by atoms with Crippen LogP contribution in [-0.4, -0.2) is 0 Å². The minimum atomic E-state index is 0. The Balaban J connectivity index is 0. The van der Waals surface area contributed by atoms with E-state index in [1.807, 2.05) is 0 Å². The average molecular weight is 268 g/mol. The van der Waals surface area contributed by atoms with Crippen molar-refractivity contribution < 1.29 is 21.1 Å². The second-order valence-corrected chi connectivity index (χ2v) is 1.41. The van der Waals surface area contributed by atoms with Gasteiger partial charge in [-0.15, -0.1) is 13.2 Å². The summed E-state index contributed by atoms with van der Waals surface area (Å²) in [4.78, 5) is 0. The quantitative estimate of drug-likeness (QED) is 0.591. The topological polar surface area (TPSA) is 0 Å². The fourth-order valence-corrected chi connectivity index (χ4v) is 0.250. The molecule has 1 fully saturated rings. The van der Waals surface area contributed by atoms with Crippen LogP contribution in [-0.2, 0) is 21.1 Å². The van der Waals surface area contributed by atoms with Crippen molar-refractivity contribution in [3.8, 4) is 0 Å². The van der Waals surface area contributed by atoms with E-state index in [0.29, 0.717) is 0 Å². The zero-order valence-corrected chi connectivity index (χ0v) is 7.58. The van der Waals surface area contributed by atoms with E-state index in [2.05, 4.69) is 13.2 Å². The van der Waals surface area contributed by atoms with Gasteiger partial charge in [-0.3, -0.25) is 0 Å². The number of hydrogen-bond acceptors (Lipinski definition) is 0. The molecule has 0 saturated heterocycles. The van der Waals surface area contributed by atoms with Crippen molar-refractivity contribution in [1.82, 2.24) is 0 Å². The molecule has 0 spiro atoms. The van der Waals surface area contributed by atoms with E-state index in [4.69, 9.17) is 0 Å². The van der Waals surface area contributed by atoms with Crippen LogP contribution in [0.2, 0.25) is 0 Å². The van der Waals surface area contributed by atoms with Crippen LogP contribution >= 0.6 is 0 Å². The minimum Gasteiger partial charge on any atom is -0.106 e. The predicted octanol–water partition coefficient (Wildman–Crippen LogP) is 2.36. The fraction of sp³-hybridized carbons (Fsp3) is 0.667. The van der Waals surface area contributed by atoms with Crippen molar-refractivity contribution in [1.29, 1.82) is 0 Å². The Morgan fingerprint density at radius 2 is 0.857 bits per heavy atom. The molecule has 0 N–H and O–H groups in total. The molecular formula is C6H12W. The maximum Gasteiger partial charge on any atom is 0 e. The van der Waals surface area contributed by atoms with E-state index >= 15 is 0 Å². The summed E-state index contributed by atoms with van der Waals surface area (Å²) in [5.74, 6) is 0. The zero-order valence-electron chi connectivity index (χ0n) is 4.65. The SMILES string of the molecule is C1CCC1.C=C.[W]. The first-order chi connectivity index (χ1) is 3.00. The van der Waals surface area contributed by atoms with Crippen molar-refractivity contribution in [3.05, 3.63) is 13.2 Å². The zero-order chi connectivity index (χ0) is 4.83. The van der Waals surface area contributed by atoms with Gasteiger partial charge in [0.05, 0.1) is 0 Å². The molecule has 42 valence electrons. The van der Waals surface area contributed by atoms with E-state index in [9.17, 15) is 0 Å². The molecule has 0 aromatic carbocycles. The van der Waals surface area contributed by atoms with E-state index in [0.717, 1.165) is 0 Å². The monoisotopic (exact) mass is 268 g/mol. The predicted molar refractivity (Wildman–Crippen MR) is 29.7 cm³/mol. The van der Waals surface area contributed by atoms with Gasteiger partial charge in [-0.2, -0.15) is 0 Å². The van der Waals surface area contributed by atoms with E-state index < -0.39 is 0 Å². The van der Waals surface area contributed by atoms with Crippen LogP contribution in [0.5, 0.6) is 0 Å². The van der Waals surface area contributed by atoms with Gasteiger partial charge in [0.1, 0.15) is 0 Å². The number of rotatable bonds is 0. The first-order valence-corrected chi connectivity index (χ1v) is 2.50. The maximum absolute atomic E-state index is 3.00. The molecule has 0 nitrogen and oxygen atoms in total. The molecule has 0 amide bonds. The Bertz CT molecular complexity index is 19.4. The van der Waals surface area contributed by atoms with Gasteiger partial charge in [0.25, 0.3) is 0 Å². The minimum absolute atomic E-state index is 0. The van der Waals surface area contributed by atoms with Crippen molar-refractivity contribution in [2.45, 2.75) is 25.7 Å². The van der Waals surface area contributed by atoms with Crippen LogP contribution in [0, 0.1) is 0 Å². The maximum atomic E-state index is 3.00. The molecule has 0 radical (unpaired) electrons. The summed E-state index contributed by atoms with van der Waals surface area (Å²) in [6.45, 7) is 6.00. The molecule has 1 rings (SSSR count). The first kappa shape index (κ1) is 10.4. The van der Waals surface area contributed by atoms with Gasteiger partial charge >= 0.3 is 0 Å². The molecule has 0 aromatic heterocycles. The van der Waals surface area contributed by atoms with E-state index in [1.165, 1.54) is 25.7 Å². The van der Waals surface area contributed by atoms with Crippen LogP contribution in [0.1, 0.15) is 25.7 Å². The Morgan fingerprint density at radius 1 is 0.714 bits per heavy atom. The number of hydrogen-bond donors (Lipinski definition) is 0. The molecule has 0 aromatic rings. The molecule has 0 heterocycles. The van der Waals surface area contributed by atoms with E-state index in [1.54, 1.807) is 0 Å². The van der Waals surface area contributed by atoms with Crippen LogP contribution < -0.4 is 0 Å². The second-order valence-electron chi connectivity index (χ2n) is 1.41. The van der Waals surface area contributed by atoms with Crippen molar-refractivity contribution in [3.63, 3.8) is 0 Å². The molecule has 1 saturated carbocycles. The Kier molecular flexibility index (Phi) is 14.4. The summed E-state index contributed by atoms with van der Waals surface area (Å²) in [7, 11) is 0. The first-order valence-electron chi connectivity index (χ1n) is 2.50. The molecule has 1 aliphatic carbocycles. The molecule has 0 aliphatic heterocycles. The van der Waals surface area contributed by atoms with Crippen LogP contribution in [0.15, 0.2) is 13.2 Å². The smallest absolute Gasteiger partial charge is 0 e. The van der Waals surface area contributed by atoms with Gasteiger partial charge in [-0.05, 0) is 0 Å². The molecule has 7 heavy (non-hydrogen) atoms. The van der Waals surface area contributed by atoms with Crippen LogP contribution in [0.3, 0.4) is 0 Å². The van der Waals surface area contributed by atoms with Gasteiger partial charge in [0.2, 0.25) is 0 Å². The third-order valence-corrected chi connectivity index (χ3v) is 1.000. The summed E-state index contributed by atoms with van der Waals surface area (Å²) < 4.78 is 0. The van der Waals surface area contributed by atoms with Gasteiger partial charge in [0.15, 0.2) is 0 Å². The molecule has 0 unspecified atom stereocenters. The van der Waals surface area contributed by atoms with E-state index in [-0.39, 0.29) is 21.1 Å². The van der Waals surface area contributed by atoms with Crippen LogP contribution in [0.25, 0.3) is 0 Å². The van der Waals surface area contributed by atoms with Crippen LogP contribution in [0.4, 0.5) is 0 Å². The van der Waals surface area contributed by atoms with Crippen molar-refractivity contribution in [2.75, 3.05) is 0 Å². The van der Waals surface area contributed by atoms with Gasteiger partial charge in [0, 0.05) is 21.1 Å². The Labute approximate surface area is 60.3 Å². The van der Waals surface area contributed by atoms with Gasteiger partial charge in [-0.1, -0.05) is 25.7 Å². The fourth-order valence-electron chi connectivity index (χ4n) is 0.250. The Morgan fingerprint density at radius 3 is 0.857 bits per heavy atom. The second kappa shape index (κ2) is 9.66. The summed E-state index contributed by atoms with van der Waals surface area (Å²) in [5.41, 5.74) is 0. The molecule has 1 heteroatoms. The summed E-state index contributed by atoms with van der Waals surface area (Å²) in [6, 6.07) is 0. The van der Waals surface area contributed by atoms with Crippen molar-refractivity contribution in [2.24, 2.45) is 0 Å². The third kappa shape index (κ3) is 6.43. The van der Waals surface area contributed by atoms with Gasteiger partial charge < -0.3 is 0 Å². The summed E-state index contributed by atoms with van der Waals surface area (Å²) in [5, 5.41) is 0. The van der Waals surface area contributed by atoms with Gasteiger partial charge in [-0.25, -0.2) is 0 Å². The summed E-state index contributed by atoms with van der Waals surface area (Å²) in [6.07, 6.45) is 6.00. The average Bonchev–Trinajstić information content (AvgIpc) is 1.36. The molecular weight excluding hydrogens is 256 g/mol. The largest absolute Gasteiger partial charge is 0.106 e. The van der Waals surface area contributed by atoms with Crippen molar-refractivity contribution >= 4 is 0 Å². The standard InChI is InChI=1S/C4H8.C2H4.W/c1-2-4-3-1;1-2;/h1-4H2;1-2H2;. The molecule has 1 aliphatic rings.